The third-order valence-electron chi connectivity index (χ3n) is 4.56. The summed E-state index contributed by atoms with van der Waals surface area (Å²) in [4.78, 5) is 18.7. The fraction of sp³-hybridized carbons (Fsp3) is 0.389. The first-order chi connectivity index (χ1) is 14.5. The maximum Gasteiger partial charge on any atom is 0.277 e. The number of hydrogen-bond acceptors (Lipinski definition) is 9. The number of alkyl halides is 1. The van der Waals surface area contributed by atoms with Gasteiger partial charge in [0.2, 0.25) is 0 Å². The zero-order valence-corrected chi connectivity index (χ0v) is 15.8. The maximum atomic E-state index is 13.5. The molecule has 0 aromatic carbocycles. The van der Waals surface area contributed by atoms with Gasteiger partial charge in [0.1, 0.15) is 30.4 Å². The fourth-order valence-electron chi connectivity index (χ4n) is 3.03. The van der Waals surface area contributed by atoms with Gasteiger partial charge in [0, 0.05) is 12.6 Å². The van der Waals surface area contributed by atoms with Crippen LogP contribution in [0, 0.1) is 0 Å². The van der Waals surface area contributed by atoms with E-state index < -0.39 is 24.8 Å². The van der Waals surface area contributed by atoms with Gasteiger partial charge in [-0.3, -0.25) is 4.79 Å². The number of aromatic nitrogens is 5. The zero-order chi connectivity index (χ0) is 21.1. The van der Waals surface area contributed by atoms with E-state index in [1.54, 1.807) is 12.1 Å². The number of amides is 1. The molecule has 4 heterocycles. The van der Waals surface area contributed by atoms with Gasteiger partial charge in [0.05, 0.1) is 25.5 Å². The Bertz CT molecular complexity index is 1050. The first-order valence-electron chi connectivity index (χ1n) is 9.33. The minimum atomic E-state index is -1.03. The first kappa shape index (κ1) is 19.9. The quantitative estimate of drug-likeness (QED) is 0.487. The maximum absolute atomic E-state index is 13.5. The van der Waals surface area contributed by atoms with Crippen LogP contribution in [0.1, 0.15) is 16.9 Å². The largest absolute Gasteiger partial charge is 0.489 e. The Balaban J connectivity index is 1.51. The summed E-state index contributed by atoms with van der Waals surface area (Å²) < 4.78 is 20.2. The topological polar surface area (TPSA) is 138 Å². The number of aliphatic hydroxyl groups is 2. The van der Waals surface area contributed by atoms with E-state index in [1.807, 2.05) is 4.90 Å². The molecule has 0 saturated carbocycles. The molecule has 4 rings (SSSR count). The molecule has 1 aliphatic rings. The van der Waals surface area contributed by atoms with Gasteiger partial charge in [-0.25, -0.2) is 13.9 Å². The molecule has 30 heavy (non-hydrogen) atoms. The van der Waals surface area contributed by atoms with Gasteiger partial charge >= 0.3 is 0 Å². The Hall–Kier alpha value is -3.38. The molecule has 1 fully saturated rings. The van der Waals surface area contributed by atoms with E-state index in [4.69, 9.17) is 9.84 Å². The van der Waals surface area contributed by atoms with Crippen molar-refractivity contribution in [1.29, 1.82) is 0 Å². The Morgan fingerprint density at radius 2 is 2.27 bits per heavy atom. The average Bonchev–Trinajstić information content (AvgIpc) is 3.38. The highest BCUT2D eigenvalue weighted by Crippen LogP contribution is 2.21. The average molecular weight is 417 g/mol. The molecule has 0 bridgehead atoms. The van der Waals surface area contributed by atoms with Gasteiger partial charge in [-0.1, -0.05) is 0 Å². The number of anilines is 2. The second-order valence-electron chi connectivity index (χ2n) is 6.81. The van der Waals surface area contributed by atoms with Gasteiger partial charge in [-0.2, -0.15) is 5.10 Å². The minimum absolute atomic E-state index is 0.127. The summed E-state index contributed by atoms with van der Waals surface area (Å²) in [5.74, 6) is 0.439. The SMILES string of the molecule is O=C(Nc1cc(OC[C@@H](O)CO)cnn1)c1cnc2ccc(N3CC[C@H](F)C3)nn12. The van der Waals surface area contributed by atoms with E-state index in [0.29, 0.717) is 24.4 Å². The van der Waals surface area contributed by atoms with Crippen molar-refractivity contribution in [1.82, 2.24) is 24.8 Å². The van der Waals surface area contributed by atoms with Crippen LogP contribution in [0.2, 0.25) is 0 Å². The summed E-state index contributed by atoms with van der Waals surface area (Å²) in [6.07, 6.45) is 1.23. The number of carbonyl (C=O) groups is 1. The van der Waals surface area contributed by atoms with Crippen molar-refractivity contribution < 1.29 is 24.1 Å². The highest BCUT2D eigenvalue weighted by atomic mass is 19.1. The monoisotopic (exact) mass is 417 g/mol. The molecule has 3 N–H and O–H groups in total. The summed E-state index contributed by atoms with van der Waals surface area (Å²) in [7, 11) is 0. The molecular weight excluding hydrogens is 397 g/mol. The highest BCUT2D eigenvalue weighted by Gasteiger charge is 2.24. The molecule has 11 nitrogen and oxygen atoms in total. The summed E-state index contributed by atoms with van der Waals surface area (Å²) in [6, 6.07) is 4.89. The highest BCUT2D eigenvalue weighted by molar-refractivity contribution is 6.02. The lowest BCUT2D eigenvalue weighted by atomic mass is 10.3. The molecule has 0 spiro atoms. The van der Waals surface area contributed by atoms with Crippen molar-refractivity contribution in [2.75, 3.05) is 36.5 Å². The number of aliphatic hydroxyl groups excluding tert-OH is 2. The molecule has 0 unspecified atom stereocenters. The number of nitrogens with zero attached hydrogens (tertiary/aromatic N) is 6. The fourth-order valence-corrected chi connectivity index (χ4v) is 3.03. The van der Waals surface area contributed by atoms with Gasteiger partial charge in [0.15, 0.2) is 17.2 Å². The molecule has 158 valence electrons. The molecule has 2 atom stereocenters. The Morgan fingerprint density at radius 1 is 1.40 bits per heavy atom. The summed E-state index contributed by atoms with van der Waals surface area (Å²) in [6.45, 7) is 0.256. The van der Waals surface area contributed by atoms with E-state index in [9.17, 15) is 14.3 Å². The van der Waals surface area contributed by atoms with Crippen LogP contribution in [0.3, 0.4) is 0 Å². The van der Waals surface area contributed by atoms with Crippen LogP contribution in [0.5, 0.6) is 5.75 Å². The van der Waals surface area contributed by atoms with Gasteiger partial charge < -0.3 is 25.2 Å². The van der Waals surface area contributed by atoms with E-state index >= 15 is 0 Å². The van der Waals surface area contributed by atoms with Crippen LogP contribution in [-0.2, 0) is 0 Å². The van der Waals surface area contributed by atoms with Crippen LogP contribution in [0.15, 0.2) is 30.6 Å². The normalized spacial score (nSPS) is 17.3. The number of rotatable bonds is 7. The number of hydrogen-bond donors (Lipinski definition) is 3. The number of imidazole rings is 1. The second-order valence-corrected chi connectivity index (χ2v) is 6.81. The molecule has 0 radical (unpaired) electrons. The molecule has 1 aliphatic heterocycles. The van der Waals surface area contributed by atoms with Crippen molar-refractivity contribution in [3.8, 4) is 5.75 Å². The standard InChI is InChI=1S/C18H20FN7O4/c19-11-3-4-25(8-11)17-2-1-16-20-7-14(26(16)24-17)18(29)22-15-5-13(6-21-23-15)30-10-12(28)9-27/h1-2,5-7,11-12,27-28H,3-4,8-10H2,(H,22,23,29)/t11-,12-/m0/s1. The van der Waals surface area contributed by atoms with Gasteiger partial charge in [-0.05, 0) is 18.6 Å². The summed E-state index contributed by atoms with van der Waals surface area (Å²) >= 11 is 0. The number of carbonyl (C=O) groups excluding carboxylic acids is 1. The number of fused-ring (bicyclic) bond motifs is 1. The van der Waals surface area contributed by atoms with Crippen molar-refractivity contribution in [2.45, 2.75) is 18.7 Å². The predicted molar refractivity (Wildman–Crippen MR) is 103 cm³/mol. The smallest absolute Gasteiger partial charge is 0.277 e. The second kappa shape index (κ2) is 8.55. The third-order valence-corrected chi connectivity index (χ3v) is 4.56. The molecular formula is C18H20FN7O4. The van der Waals surface area contributed by atoms with E-state index in [2.05, 4.69) is 25.6 Å². The molecule has 1 saturated heterocycles. The minimum Gasteiger partial charge on any atom is -0.489 e. The van der Waals surface area contributed by atoms with Crippen molar-refractivity contribution in [3.05, 3.63) is 36.3 Å². The van der Waals surface area contributed by atoms with E-state index in [-0.39, 0.29) is 30.4 Å². The lowest BCUT2D eigenvalue weighted by Crippen LogP contribution is -2.23. The zero-order valence-electron chi connectivity index (χ0n) is 15.8. The van der Waals surface area contributed by atoms with Crippen molar-refractivity contribution in [3.63, 3.8) is 0 Å². The summed E-state index contributed by atoms with van der Waals surface area (Å²) in [5, 5.41) is 32.8. The van der Waals surface area contributed by atoms with Crippen LogP contribution in [-0.4, -0.2) is 79.5 Å². The van der Waals surface area contributed by atoms with Gasteiger partial charge in [-0.15, -0.1) is 10.2 Å². The molecule has 12 heteroatoms. The van der Waals surface area contributed by atoms with E-state index in [0.717, 1.165) is 0 Å². The number of halogens is 1. The third kappa shape index (κ3) is 4.28. The van der Waals surface area contributed by atoms with Crippen LogP contribution in [0.4, 0.5) is 16.0 Å². The Labute approximate surface area is 170 Å². The Kier molecular flexibility index (Phi) is 5.68. The molecule has 3 aromatic rings. The lowest BCUT2D eigenvalue weighted by Gasteiger charge is -2.16. The van der Waals surface area contributed by atoms with Crippen LogP contribution in [0.25, 0.3) is 5.65 Å². The van der Waals surface area contributed by atoms with Gasteiger partial charge in [0.25, 0.3) is 5.91 Å². The molecule has 3 aromatic heterocycles. The summed E-state index contributed by atoms with van der Waals surface area (Å²) in [5.41, 5.74) is 0.646. The lowest BCUT2D eigenvalue weighted by molar-refractivity contribution is 0.0534. The number of ether oxygens (including phenoxy) is 1. The molecule has 1 amide bonds. The van der Waals surface area contributed by atoms with Crippen molar-refractivity contribution >= 4 is 23.2 Å². The van der Waals surface area contributed by atoms with E-state index in [1.165, 1.54) is 23.0 Å². The first-order valence-corrected chi connectivity index (χ1v) is 9.33. The Morgan fingerprint density at radius 3 is 3.03 bits per heavy atom. The van der Waals surface area contributed by atoms with Crippen LogP contribution >= 0.6 is 0 Å². The predicted octanol–water partition coefficient (Wildman–Crippen LogP) is 0.0518. The number of nitrogens with one attached hydrogen (secondary N) is 1. The van der Waals surface area contributed by atoms with Crippen molar-refractivity contribution in [2.24, 2.45) is 0 Å². The molecule has 0 aliphatic carbocycles. The van der Waals surface area contributed by atoms with Crippen LogP contribution < -0.4 is 15.0 Å².